The molecule has 1 atom stereocenters. The molecule has 0 saturated heterocycles. The molecule has 1 aromatic rings. The normalized spacial score (nSPS) is 12.8. The molecule has 64 valence electrons. The van der Waals surface area contributed by atoms with E-state index in [1.165, 1.54) is 5.56 Å². The lowest BCUT2D eigenvalue weighted by molar-refractivity contribution is 0.297. The quantitative estimate of drug-likeness (QED) is 0.643. The van der Waals surface area contributed by atoms with Crippen LogP contribution < -0.4 is 0 Å². The summed E-state index contributed by atoms with van der Waals surface area (Å²) >= 11 is 1.72. The summed E-state index contributed by atoms with van der Waals surface area (Å²) in [6.07, 6.45) is 5.31. The molecule has 0 radical (unpaired) electrons. The summed E-state index contributed by atoms with van der Waals surface area (Å²) in [6, 6.07) is 2.34. The van der Waals surface area contributed by atoms with Crippen molar-refractivity contribution in [2.24, 2.45) is 0 Å². The molecule has 0 bridgehead atoms. The third-order valence-electron chi connectivity index (χ3n) is 1.91. The van der Waals surface area contributed by atoms with Crippen LogP contribution in [0.15, 0.2) is 16.8 Å². The van der Waals surface area contributed by atoms with E-state index in [9.17, 15) is 0 Å². The van der Waals surface area contributed by atoms with Crippen molar-refractivity contribution in [3.05, 3.63) is 22.4 Å². The van der Waals surface area contributed by atoms with Gasteiger partial charge in [-0.3, -0.25) is 4.90 Å². The zero-order chi connectivity index (χ0) is 8.97. The van der Waals surface area contributed by atoms with Crippen LogP contribution in [0, 0.1) is 12.3 Å². The van der Waals surface area contributed by atoms with Crippen LogP contribution in [0.3, 0.4) is 0 Å². The molecule has 1 aromatic heterocycles. The molecule has 0 aliphatic rings. The number of hydrogen-bond donors (Lipinski definition) is 0. The zero-order valence-electron chi connectivity index (χ0n) is 7.45. The lowest BCUT2D eigenvalue weighted by Gasteiger charge is -2.19. The first kappa shape index (κ1) is 9.31. The number of terminal acetylenes is 1. The van der Waals surface area contributed by atoms with Crippen LogP contribution in [0.2, 0.25) is 0 Å². The summed E-state index contributed by atoms with van der Waals surface area (Å²) in [5.74, 6) is 2.71. The second-order valence-electron chi connectivity index (χ2n) is 2.89. The van der Waals surface area contributed by atoms with Crippen LogP contribution in [-0.2, 0) is 6.54 Å². The first-order chi connectivity index (χ1) is 5.74. The fourth-order valence-corrected chi connectivity index (χ4v) is 1.59. The third-order valence-corrected chi connectivity index (χ3v) is 2.65. The molecule has 2 heteroatoms. The predicted molar refractivity (Wildman–Crippen MR) is 54.1 cm³/mol. The molecule has 0 aliphatic heterocycles. The van der Waals surface area contributed by atoms with Gasteiger partial charge in [0, 0.05) is 6.54 Å². The molecule has 0 spiro atoms. The Morgan fingerprint density at radius 1 is 1.75 bits per heavy atom. The van der Waals surface area contributed by atoms with Crippen LogP contribution in [0.5, 0.6) is 0 Å². The Kier molecular flexibility index (Phi) is 3.33. The van der Waals surface area contributed by atoms with E-state index in [0.29, 0.717) is 0 Å². The lowest BCUT2D eigenvalue weighted by Crippen LogP contribution is -2.26. The molecule has 1 unspecified atom stereocenters. The van der Waals surface area contributed by atoms with Gasteiger partial charge in [0.05, 0.1) is 6.04 Å². The van der Waals surface area contributed by atoms with Crippen molar-refractivity contribution in [2.45, 2.75) is 19.5 Å². The van der Waals surface area contributed by atoms with Crippen LogP contribution in [0.1, 0.15) is 12.5 Å². The van der Waals surface area contributed by atoms with Gasteiger partial charge in [-0.05, 0) is 36.4 Å². The molecular weight excluding hydrogens is 166 g/mol. The van der Waals surface area contributed by atoms with E-state index in [1.807, 2.05) is 14.0 Å². The van der Waals surface area contributed by atoms with Crippen LogP contribution in [0.25, 0.3) is 0 Å². The summed E-state index contributed by atoms with van der Waals surface area (Å²) in [7, 11) is 2.04. The molecule has 0 saturated carbocycles. The Bertz CT molecular complexity index is 258. The molecule has 1 heterocycles. The van der Waals surface area contributed by atoms with Gasteiger partial charge in [0.25, 0.3) is 0 Å². The van der Waals surface area contributed by atoms with E-state index >= 15 is 0 Å². The van der Waals surface area contributed by atoms with Crippen LogP contribution in [0.4, 0.5) is 0 Å². The highest BCUT2D eigenvalue weighted by molar-refractivity contribution is 7.07. The van der Waals surface area contributed by atoms with Gasteiger partial charge in [-0.1, -0.05) is 5.92 Å². The van der Waals surface area contributed by atoms with Gasteiger partial charge in [-0.2, -0.15) is 11.3 Å². The summed E-state index contributed by atoms with van der Waals surface area (Å²) in [4.78, 5) is 2.15. The minimum Gasteiger partial charge on any atom is -0.289 e. The van der Waals surface area contributed by atoms with Crippen molar-refractivity contribution in [2.75, 3.05) is 7.05 Å². The minimum atomic E-state index is 0.213. The molecule has 1 nitrogen and oxygen atoms in total. The monoisotopic (exact) mass is 179 g/mol. The largest absolute Gasteiger partial charge is 0.289 e. The number of nitrogens with zero attached hydrogens (tertiary/aromatic N) is 1. The molecule has 12 heavy (non-hydrogen) atoms. The van der Waals surface area contributed by atoms with Gasteiger partial charge in [0.1, 0.15) is 0 Å². The maximum atomic E-state index is 5.31. The van der Waals surface area contributed by atoms with Crippen molar-refractivity contribution < 1.29 is 0 Å². The summed E-state index contributed by atoms with van der Waals surface area (Å²) < 4.78 is 0. The van der Waals surface area contributed by atoms with E-state index in [0.717, 1.165) is 6.54 Å². The Morgan fingerprint density at radius 3 is 3.00 bits per heavy atom. The Labute approximate surface area is 78.0 Å². The van der Waals surface area contributed by atoms with Crippen molar-refractivity contribution in [1.29, 1.82) is 0 Å². The molecular formula is C10H13NS. The standard InChI is InChI=1S/C10H13NS/c1-4-9(2)11(3)7-10-5-6-12-8-10/h1,5-6,8-9H,7H2,2-3H3. The Hall–Kier alpha value is -0.780. The zero-order valence-corrected chi connectivity index (χ0v) is 8.27. The van der Waals surface area contributed by atoms with Gasteiger partial charge in [0.2, 0.25) is 0 Å². The topological polar surface area (TPSA) is 3.24 Å². The number of rotatable bonds is 3. The first-order valence-electron chi connectivity index (χ1n) is 3.91. The highest BCUT2D eigenvalue weighted by atomic mass is 32.1. The van der Waals surface area contributed by atoms with Gasteiger partial charge in [-0.25, -0.2) is 0 Å². The summed E-state index contributed by atoms with van der Waals surface area (Å²) in [5, 5.41) is 4.24. The molecule has 1 rings (SSSR count). The molecule has 0 aliphatic carbocycles. The first-order valence-corrected chi connectivity index (χ1v) is 4.85. The van der Waals surface area contributed by atoms with E-state index in [-0.39, 0.29) is 6.04 Å². The molecule has 0 aromatic carbocycles. The van der Waals surface area contributed by atoms with Crippen molar-refractivity contribution in [3.8, 4) is 12.3 Å². The van der Waals surface area contributed by atoms with E-state index in [2.05, 4.69) is 27.6 Å². The van der Waals surface area contributed by atoms with Crippen LogP contribution >= 0.6 is 11.3 Å². The fraction of sp³-hybridized carbons (Fsp3) is 0.400. The Balaban J connectivity index is 2.48. The highest BCUT2D eigenvalue weighted by Gasteiger charge is 2.05. The lowest BCUT2D eigenvalue weighted by atomic mass is 10.2. The summed E-state index contributed by atoms with van der Waals surface area (Å²) in [6.45, 7) is 2.97. The van der Waals surface area contributed by atoms with Crippen molar-refractivity contribution in [1.82, 2.24) is 4.90 Å². The average molecular weight is 179 g/mol. The smallest absolute Gasteiger partial charge is 0.0683 e. The second-order valence-corrected chi connectivity index (χ2v) is 3.67. The van der Waals surface area contributed by atoms with Crippen LogP contribution in [-0.4, -0.2) is 18.0 Å². The molecule has 0 N–H and O–H groups in total. The van der Waals surface area contributed by atoms with Gasteiger partial charge >= 0.3 is 0 Å². The molecule has 0 amide bonds. The minimum absolute atomic E-state index is 0.213. The SMILES string of the molecule is C#CC(C)N(C)Cc1ccsc1. The van der Waals surface area contributed by atoms with Gasteiger partial charge in [-0.15, -0.1) is 6.42 Å². The van der Waals surface area contributed by atoms with Gasteiger partial charge < -0.3 is 0 Å². The van der Waals surface area contributed by atoms with E-state index in [1.54, 1.807) is 11.3 Å². The average Bonchev–Trinajstić information content (AvgIpc) is 2.55. The van der Waals surface area contributed by atoms with E-state index < -0.39 is 0 Å². The maximum absolute atomic E-state index is 5.31. The Morgan fingerprint density at radius 2 is 2.50 bits per heavy atom. The van der Waals surface area contributed by atoms with E-state index in [4.69, 9.17) is 6.42 Å². The van der Waals surface area contributed by atoms with Crippen molar-refractivity contribution in [3.63, 3.8) is 0 Å². The highest BCUT2D eigenvalue weighted by Crippen LogP contribution is 2.09. The summed E-state index contributed by atoms with van der Waals surface area (Å²) in [5.41, 5.74) is 1.34. The van der Waals surface area contributed by atoms with Crippen molar-refractivity contribution >= 4 is 11.3 Å². The number of thiophene rings is 1. The third kappa shape index (κ3) is 2.37. The number of hydrogen-bond acceptors (Lipinski definition) is 2. The fourth-order valence-electron chi connectivity index (χ4n) is 0.935. The second kappa shape index (κ2) is 4.30. The predicted octanol–water partition coefficient (Wildman–Crippen LogP) is 2.20. The maximum Gasteiger partial charge on any atom is 0.0683 e. The molecule has 0 fully saturated rings. The van der Waals surface area contributed by atoms with Gasteiger partial charge in [0.15, 0.2) is 0 Å².